The summed E-state index contributed by atoms with van der Waals surface area (Å²) >= 11 is 0. The van der Waals surface area contributed by atoms with Gasteiger partial charge in [-0.1, -0.05) is 6.42 Å². The van der Waals surface area contributed by atoms with Gasteiger partial charge in [-0.2, -0.15) is 0 Å². The number of methoxy groups -OCH3 is 3. The maximum atomic E-state index is 10.7. The number of ether oxygens (including phenoxy) is 3. The standard InChI is InChI=1S/C18H29NO4/c1-13-7-5-6-9-19(13)10-8-15(20)18-16(22-3)11-14(21-2)12-17(18)23-4/h11-13,15,20H,5-10H2,1-4H3. The van der Waals surface area contributed by atoms with E-state index in [1.807, 2.05) is 0 Å². The van der Waals surface area contributed by atoms with E-state index in [0.29, 0.717) is 35.3 Å². The molecule has 0 radical (unpaired) electrons. The minimum atomic E-state index is -0.625. The highest BCUT2D eigenvalue weighted by Gasteiger charge is 2.23. The van der Waals surface area contributed by atoms with E-state index in [9.17, 15) is 5.11 Å². The summed E-state index contributed by atoms with van der Waals surface area (Å²) in [5.74, 6) is 1.85. The summed E-state index contributed by atoms with van der Waals surface area (Å²) in [6.45, 7) is 4.26. The van der Waals surface area contributed by atoms with Crippen LogP contribution in [-0.4, -0.2) is 50.5 Å². The Kier molecular flexibility index (Phi) is 6.54. The molecule has 1 heterocycles. The number of likely N-dealkylation sites (tertiary alicyclic amines) is 1. The van der Waals surface area contributed by atoms with E-state index in [1.54, 1.807) is 33.5 Å². The molecule has 2 unspecified atom stereocenters. The zero-order valence-corrected chi connectivity index (χ0v) is 14.7. The fraction of sp³-hybridized carbons (Fsp3) is 0.667. The second kappa shape index (κ2) is 8.41. The van der Waals surface area contributed by atoms with E-state index in [1.165, 1.54) is 19.3 Å². The normalized spacial score (nSPS) is 20.1. The molecule has 0 amide bonds. The van der Waals surface area contributed by atoms with E-state index in [2.05, 4.69) is 11.8 Å². The molecule has 130 valence electrons. The molecule has 1 aromatic rings. The van der Waals surface area contributed by atoms with Crippen molar-refractivity contribution >= 4 is 0 Å². The lowest BCUT2D eigenvalue weighted by molar-refractivity contribution is 0.106. The lowest BCUT2D eigenvalue weighted by Crippen LogP contribution is -2.38. The van der Waals surface area contributed by atoms with Gasteiger partial charge in [0.15, 0.2) is 0 Å². The van der Waals surface area contributed by atoms with Crippen molar-refractivity contribution in [3.05, 3.63) is 17.7 Å². The molecule has 0 saturated carbocycles. The van der Waals surface area contributed by atoms with Crippen LogP contribution in [0.2, 0.25) is 0 Å². The van der Waals surface area contributed by atoms with E-state index in [4.69, 9.17) is 14.2 Å². The van der Waals surface area contributed by atoms with Crippen molar-refractivity contribution in [1.29, 1.82) is 0 Å². The van der Waals surface area contributed by atoms with Gasteiger partial charge in [0.2, 0.25) is 0 Å². The zero-order valence-electron chi connectivity index (χ0n) is 14.7. The summed E-state index contributed by atoms with van der Waals surface area (Å²) in [5, 5.41) is 10.7. The molecule has 0 spiro atoms. The van der Waals surface area contributed by atoms with Gasteiger partial charge in [-0.05, 0) is 32.7 Å². The lowest BCUT2D eigenvalue weighted by atomic mass is 10.0. The topological polar surface area (TPSA) is 51.2 Å². The SMILES string of the molecule is COc1cc(OC)c(C(O)CCN2CCCCC2C)c(OC)c1. The fourth-order valence-electron chi connectivity index (χ4n) is 3.28. The third kappa shape index (κ3) is 4.30. The highest BCUT2D eigenvalue weighted by atomic mass is 16.5. The molecular weight excluding hydrogens is 294 g/mol. The quantitative estimate of drug-likeness (QED) is 0.836. The number of hydrogen-bond acceptors (Lipinski definition) is 5. The summed E-state index contributed by atoms with van der Waals surface area (Å²) < 4.78 is 16.1. The van der Waals surface area contributed by atoms with E-state index in [-0.39, 0.29) is 0 Å². The molecule has 1 fully saturated rings. The van der Waals surface area contributed by atoms with Gasteiger partial charge in [0.05, 0.1) is 33.0 Å². The van der Waals surface area contributed by atoms with Crippen molar-refractivity contribution < 1.29 is 19.3 Å². The Balaban J connectivity index is 2.12. The van der Waals surface area contributed by atoms with Crippen LogP contribution in [0.3, 0.4) is 0 Å². The lowest BCUT2D eigenvalue weighted by Gasteiger charge is -2.34. The molecule has 5 nitrogen and oxygen atoms in total. The number of rotatable bonds is 7. The van der Waals surface area contributed by atoms with Crippen molar-refractivity contribution in [2.45, 2.75) is 44.8 Å². The number of hydrogen-bond donors (Lipinski definition) is 1. The van der Waals surface area contributed by atoms with E-state index < -0.39 is 6.10 Å². The van der Waals surface area contributed by atoms with Gasteiger partial charge in [0, 0.05) is 24.7 Å². The van der Waals surface area contributed by atoms with Crippen LogP contribution in [0.15, 0.2) is 12.1 Å². The largest absolute Gasteiger partial charge is 0.496 e. The number of benzene rings is 1. The van der Waals surface area contributed by atoms with Gasteiger partial charge in [0.25, 0.3) is 0 Å². The first-order valence-electron chi connectivity index (χ1n) is 8.32. The van der Waals surface area contributed by atoms with Crippen molar-refractivity contribution in [1.82, 2.24) is 4.90 Å². The third-order valence-corrected chi connectivity index (χ3v) is 4.72. The zero-order chi connectivity index (χ0) is 16.8. The average Bonchev–Trinajstić information content (AvgIpc) is 2.59. The molecule has 5 heteroatoms. The molecule has 2 atom stereocenters. The van der Waals surface area contributed by atoms with Crippen LogP contribution in [0.25, 0.3) is 0 Å². The second-order valence-electron chi connectivity index (χ2n) is 6.13. The molecule has 2 rings (SSSR count). The van der Waals surface area contributed by atoms with Gasteiger partial charge in [-0.3, -0.25) is 0 Å². The maximum absolute atomic E-state index is 10.7. The molecule has 23 heavy (non-hydrogen) atoms. The maximum Gasteiger partial charge on any atom is 0.132 e. The van der Waals surface area contributed by atoms with E-state index >= 15 is 0 Å². The predicted molar refractivity (Wildman–Crippen MR) is 90.6 cm³/mol. The van der Waals surface area contributed by atoms with Gasteiger partial charge >= 0.3 is 0 Å². The van der Waals surface area contributed by atoms with Gasteiger partial charge in [-0.25, -0.2) is 0 Å². The first-order valence-corrected chi connectivity index (χ1v) is 8.32. The Morgan fingerprint density at radius 2 is 1.78 bits per heavy atom. The summed E-state index contributed by atoms with van der Waals surface area (Å²) in [4.78, 5) is 2.45. The molecule has 1 aliphatic heterocycles. The van der Waals surface area contributed by atoms with Crippen LogP contribution in [0.4, 0.5) is 0 Å². The van der Waals surface area contributed by atoms with Gasteiger partial charge < -0.3 is 24.2 Å². The molecule has 0 bridgehead atoms. The Labute approximate surface area is 139 Å². The number of piperidine rings is 1. The first-order chi connectivity index (χ1) is 11.1. The van der Waals surface area contributed by atoms with Gasteiger partial charge in [-0.15, -0.1) is 0 Å². The minimum Gasteiger partial charge on any atom is -0.496 e. The van der Waals surface area contributed by atoms with Crippen molar-refractivity contribution in [2.75, 3.05) is 34.4 Å². The monoisotopic (exact) mass is 323 g/mol. The molecule has 1 N–H and O–H groups in total. The number of aliphatic hydroxyl groups is 1. The second-order valence-corrected chi connectivity index (χ2v) is 6.13. The van der Waals surface area contributed by atoms with Crippen molar-refractivity contribution in [2.24, 2.45) is 0 Å². The fourth-order valence-corrected chi connectivity index (χ4v) is 3.28. The summed E-state index contributed by atoms with van der Waals surface area (Å²) in [6, 6.07) is 4.16. The van der Waals surface area contributed by atoms with Crippen LogP contribution in [0.1, 0.15) is 44.3 Å². The number of aliphatic hydroxyl groups excluding tert-OH is 1. The molecule has 1 aromatic carbocycles. The highest BCUT2D eigenvalue weighted by Crippen LogP contribution is 2.39. The Morgan fingerprint density at radius 1 is 1.13 bits per heavy atom. The highest BCUT2D eigenvalue weighted by molar-refractivity contribution is 5.51. The van der Waals surface area contributed by atoms with Crippen molar-refractivity contribution in [3.63, 3.8) is 0 Å². The molecular formula is C18H29NO4. The molecule has 0 aromatic heterocycles. The van der Waals surface area contributed by atoms with Crippen LogP contribution in [0, 0.1) is 0 Å². The Hall–Kier alpha value is -1.46. The Morgan fingerprint density at radius 3 is 2.30 bits per heavy atom. The van der Waals surface area contributed by atoms with Crippen molar-refractivity contribution in [3.8, 4) is 17.2 Å². The Bertz CT molecular complexity index is 481. The van der Waals surface area contributed by atoms with Crippen LogP contribution in [-0.2, 0) is 0 Å². The number of nitrogens with zero attached hydrogens (tertiary/aromatic N) is 1. The third-order valence-electron chi connectivity index (χ3n) is 4.72. The average molecular weight is 323 g/mol. The molecule has 1 saturated heterocycles. The van der Waals surface area contributed by atoms with Crippen LogP contribution < -0.4 is 14.2 Å². The van der Waals surface area contributed by atoms with Crippen LogP contribution >= 0.6 is 0 Å². The van der Waals surface area contributed by atoms with Gasteiger partial charge in [0.1, 0.15) is 17.2 Å². The first kappa shape index (κ1) is 17.9. The summed E-state index contributed by atoms with van der Waals surface area (Å²) in [5.41, 5.74) is 0.695. The summed E-state index contributed by atoms with van der Waals surface area (Å²) in [6.07, 6.45) is 3.82. The predicted octanol–water partition coefficient (Wildman–Crippen LogP) is 3.01. The molecule has 1 aliphatic rings. The minimum absolute atomic E-state index is 0.593. The molecule has 0 aliphatic carbocycles. The smallest absolute Gasteiger partial charge is 0.132 e. The summed E-state index contributed by atoms with van der Waals surface area (Å²) in [7, 11) is 4.79. The van der Waals surface area contributed by atoms with Crippen LogP contribution in [0.5, 0.6) is 17.2 Å². The van der Waals surface area contributed by atoms with E-state index in [0.717, 1.165) is 13.1 Å².